The number of carbonyl (C=O) groups is 1. The number of nitrogens with zero attached hydrogens (tertiary/aromatic N) is 3. The van der Waals surface area contributed by atoms with Crippen molar-refractivity contribution < 1.29 is 4.79 Å². The molecule has 0 unspecified atom stereocenters. The van der Waals surface area contributed by atoms with Gasteiger partial charge >= 0.3 is 0 Å². The van der Waals surface area contributed by atoms with E-state index in [-0.39, 0.29) is 11.8 Å². The Morgan fingerprint density at radius 3 is 2.21 bits per heavy atom. The van der Waals surface area contributed by atoms with Crippen molar-refractivity contribution in [1.29, 1.82) is 0 Å². The fraction of sp³-hybridized carbons (Fsp3) is 0.296. The zero-order valence-corrected chi connectivity index (χ0v) is 21.0. The molecular formula is C27H27N3OS2. The number of para-hydroxylation sites is 2. The Hall–Kier alpha value is -2.70. The van der Waals surface area contributed by atoms with E-state index in [1.165, 1.54) is 33.3 Å². The predicted molar refractivity (Wildman–Crippen MR) is 139 cm³/mol. The molecular weight excluding hydrogens is 446 g/mol. The van der Waals surface area contributed by atoms with E-state index in [1.54, 1.807) is 11.3 Å². The maximum Gasteiger partial charge on any atom is 0.241 e. The highest BCUT2D eigenvalue weighted by molar-refractivity contribution is 8.00. The molecule has 4 nitrogen and oxygen atoms in total. The third-order valence-corrected chi connectivity index (χ3v) is 8.30. The standard InChI is InChI=1S/C27H27N3OS2/c1-16(2)25-28-26(24-17(3)18(4)33-27(24)29-25)32-15-23(31)30-21-11-7-5-9-19(21)13-14-20-10-6-8-12-22(20)30/h5-12,16H,13-15H2,1-4H3. The Bertz CT molecular complexity index is 1310. The highest BCUT2D eigenvalue weighted by atomic mass is 32.2. The van der Waals surface area contributed by atoms with Gasteiger partial charge < -0.3 is 0 Å². The lowest BCUT2D eigenvalue weighted by Crippen LogP contribution is -2.28. The van der Waals surface area contributed by atoms with Crippen molar-refractivity contribution in [3.8, 4) is 0 Å². The molecule has 4 aromatic rings. The van der Waals surface area contributed by atoms with Crippen molar-refractivity contribution in [3.63, 3.8) is 0 Å². The van der Waals surface area contributed by atoms with Gasteiger partial charge in [-0.15, -0.1) is 11.3 Å². The molecule has 3 heterocycles. The molecule has 0 saturated carbocycles. The van der Waals surface area contributed by atoms with E-state index in [0.29, 0.717) is 5.75 Å². The smallest absolute Gasteiger partial charge is 0.241 e. The Morgan fingerprint density at radius 2 is 1.61 bits per heavy atom. The molecule has 0 radical (unpaired) electrons. The molecule has 2 aromatic heterocycles. The van der Waals surface area contributed by atoms with Crippen LogP contribution in [-0.2, 0) is 17.6 Å². The van der Waals surface area contributed by atoms with E-state index in [4.69, 9.17) is 9.97 Å². The molecule has 0 saturated heterocycles. The summed E-state index contributed by atoms with van der Waals surface area (Å²) in [5, 5.41) is 2.01. The van der Waals surface area contributed by atoms with Crippen LogP contribution in [0.1, 0.15) is 47.2 Å². The number of benzene rings is 2. The van der Waals surface area contributed by atoms with Crippen LogP contribution in [0.4, 0.5) is 11.4 Å². The molecule has 0 fully saturated rings. The van der Waals surface area contributed by atoms with Gasteiger partial charge in [-0.05, 0) is 55.5 Å². The van der Waals surface area contributed by atoms with Crippen LogP contribution in [0, 0.1) is 13.8 Å². The van der Waals surface area contributed by atoms with Crippen molar-refractivity contribution in [2.45, 2.75) is 51.5 Å². The minimum Gasteiger partial charge on any atom is -0.280 e. The number of hydrogen-bond donors (Lipinski definition) is 0. The highest BCUT2D eigenvalue weighted by Crippen LogP contribution is 2.39. The van der Waals surface area contributed by atoms with Crippen LogP contribution < -0.4 is 4.90 Å². The van der Waals surface area contributed by atoms with Gasteiger partial charge in [-0.3, -0.25) is 9.69 Å². The van der Waals surface area contributed by atoms with E-state index >= 15 is 0 Å². The van der Waals surface area contributed by atoms with Gasteiger partial charge in [0.1, 0.15) is 15.7 Å². The first-order valence-corrected chi connectivity index (χ1v) is 13.1. The summed E-state index contributed by atoms with van der Waals surface area (Å²) in [6.07, 6.45) is 1.86. The number of fused-ring (bicyclic) bond motifs is 3. The third-order valence-electron chi connectivity index (χ3n) is 6.24. The summed E-state index contributed by atoms with van der Waals surface area (Å²) >= 11 is 3.24. The molecule has 0 aliphatic carbocycles. The molecule has 2 aromatic carbocycles. The van der Waals surface area contributed by atoms with Gasteiger partial charge in [0.2, 0.25) is 5.91 Å². The summed E-state index contributed by atoms with van der Waals surface area (Å²) in [5.74, 6) is 1.46. The van der Waals surface area contributed by atoms with Crippen LogP contribution in [-0.4, -0.2) is 21.6 Å². The molecule has 6 heteroatoms. The van der Waals surface area contributed by atoms with Gasteiger partial charge in [-0.25, -0.2) is 9.97 Å². The number of anilines is 2. The number of amides is 1. The van der Waals surface area contributed by atoms with Gasteiger partial charge in [0.15, 0.2) is 0 Å². The van der Waals surface area contributed by atoms with Crippen LogP contribution >= 0.6 is 23.1 Å². The fourth-order valence-corrected chi connectivity index (χ4v) is 6.38. The lowest BCUT2D eigenvalue weighted by atomic mass is 10.0. The molecule has 1 aliphatic rings. The van der Waals surface area contributed by atoms with E-state index in [9.17, 15) is 4.79 Å². The van der Waals surface area contributed by atoms with Gasteiger partial charge in [0, 0.05) is 16.2 Å². The maximum absolute atomic E-state index is 13.8. The first-order chi connectivity index (χ1) is 15.9. The summed E-state index contributed by atoms with van der Waals surface area (Å²) in [4.78, 5) is 27.6. The second-order valence-corrected chi connectivity index (χ2v) is 10.9. The van der Waals surface area contributed by atoms with E-state index in [1.807, 2.05) is 17.0 Å². The number of rotatable bonds is 4. The van der Waals surface area contributed by atoms with E-state index in [0.717, 1.165) is 45.3 Å². The summed E-state index contributed by atoms with van der Waals surface area (Å²) in [5.41, 5.74) is 5.62. The van der Waals surface area contributed by atoms with Crippen molar-refractivity contribution in [2.24, 2.45) is 0 Å². The minimum absolute atomic E-state index is 0.0734. The largest absolute Gasteiger partial charge is 0.280 e. The van der Waals surface area contributed by atoms with Gasteiger partial charge in [0.25, 0.3) is 0 Å². The summed E-state index contributed by atoms with van der Waals surface area (Å²) in [6.45, 7) is 8.47. The van der Waals surface area contributed by atoms with E-state index in [2.05, 4.69) is 64.1 Å². The van der Waals surface area contributed by atoms with Crippen LogP contribution in [0.25, 0.3) is 10.2 Å². The monoisotopic (exact) mass is 473 g/mol. The molecule has 0 atom stereocenters. The van der Waals surface area contributed by atoms with Crippen molar-refractivity contribution in [3.05, 3.63) is 75.9 Å². The third kappa shape index (κ3) is 4.06. The summed E-state index contributed by atoms with van der Waals surface area (Å²) in [7, 11) is 0. The molecule has 0 spiro atoms. The van der Waals surface area contributed by atoms with Crippen molar-refractivity contribution >= 4 is 50.6 Å². The number of thiophene rings is 1. The molecule has 1 aliphatic heterocycles. The molecule has 168 valence electrons. The summed E-state index contributed by atoms with van der Waals surface area (Å²) < 4.78 is 0. The number of thioether (sulfide) groups is 1. The normalized spacial score (nSPS) is 13.2. The fourth-order valence-electron chi connectivity index (χ4n) is 4.33. The minimum atomic E-state index is 0.0734. The second-order valence-electron chi connectivity index (χ2n) is 8.78. The van der Waals surface area contributed by atoms with Gasteiger partial charge in [-0.2, -0.15) is 0 Å². The van der Waals surface area contributed by atoms with Crippen LogP contribution in [0.3, 0.4) is 0 Å². The number of aromatic nitrogens is 2. The topological polar surface area (TPSA) is 46.1 Å². The van der Waals surface area contributed by atoms with E-state index < -0.39 is 0 Å². The van der Waals surface area contributed by atoms with Crippen LogP contribution in [0.2, 0.25) is 0 Å². The van der Waals surface area contributed by atoms with Crippen molar-refractivity contribution in [2.75, 3.05) is 10.7 Å². The Kier molecular flexibility index (Phi) is 5.97. The zero-order chi connectivity index (χ0) is 23.1. The molecule has 5 rings (SSSR count). The lowest BCUT2D eigenvalue weighted by Gasteiger charge is -2.25. The number of carbonyl (C=O) groups excluding carboxylic acids is 1. The van der Waals surface area contributed by atoms with Crippen LogP contribution in [0.5, 0.6) is 0 Å². The lowest BCUT2D eigenvalue weighted by molar-refractivity contribution is -0.115. The second kappa shape index (κ2) is 8.92. The Morgan fingerprint density at radius 1 is 1.00 bits per heavy atom. The number of hydrogen-bond acceptors (Lipinski definition) is 5. The average molecular weight is 474 g/mol. The predicted octanol–water partition coefficient (Wildman–Crippen LogP) is 6.99. The maximum atomic E-state index is 13.8. The summed E-state index contributed by atoms with van der Waals surface area (Å²) in [6, 6.07) is 16.5. The average Bonchev–Trinajstić information content (AvgIpc) is 3.00. The van der Waals surface area contributed by atoms with Crippen LogP contribution in [0.15, 0.2) is 53.6 Å². The first kappa shape index (κ1) is 22.1. The Labute approximate surface area is 203 Å². The molecule has 0 bridgehead atoms. The highest BCUT2D eigenvalue weighted by Gasteiger charge is 2.26. The first-order valence-electron chi connectivity index (χ1n) is 11.3. The molecule has 33 heavy (non-hydrogen) atoms. The molecule has 0 N–H and O–H groups in total. The Balaban J connectivity index is 1.52. The zero-order valence-electron chi connectivity index (χ0n) is 19.4. The SMILES string of the molecule is Cc1sc2nc(C(C)C)nc(SCC(=O)N3c4ccccc4CCc4ccccc43)c2c1C. The molecule has 1 amide bonds. The number of aryl methyl sites for hydroxylation is 4. The van der Waals surface area contributed by atoms with Crippen molar-refractivity contribution in [1.82, 2.24) is 9.97 Å². The van der Waals surface area contributed by atoms with Gasteiger partial charge in [-0.1, -0.05) is 62.0 Å². The quantitative estimate of drug-likeness (QED) is 0.237. The van der Waals surface area contributed by atoms with Gasteiger partial charge in [0.05, 0.1) is 17.1 Å².